The lowest BCUT2D eigenvalue weighted by Gasteiger charge is -2.34. The summed E-state index contributed by atoms with van der Waals surface area (Å²) in [5.74, 6) is 2.49. The Morgan fingerprint density at radius 2 is 2.00 bits per heavy atom. The number of rotatable bonds is 0. The summed E-state index contributed by atoms with van der Waals surface area (Å²) in [6.07, 6.45) is 5.93. The zero-order chi connectivity index (χ0) is 9.73. The minimum Gasteiger partial charge on any atom is -0.295 e. The molecule has 13 heavy (non-hydrogen) atoms. The van der Waals surface area contributed by atoms with Crippen molar-refractivity contribution in [2.75, 3.05) is 24.6 Å². The van der Waals surface area contributed by atoms with Gasteiger partial charge in [-0.3, -0.25) is 4.90 Å². The Bertz CT molecular complexity index is 169. The summed E-state index contributed by atoms with van der Waals surface area (Å²) in [7, 11) is 0. The van der Waals surface area contributed by atoms with Gasteiger partial charge in [-0.2, -0.15) is 11.8 Å². The molecule has 1 aliphatic rings. The SMILES string of the molecule is CC(C)(C)N1C/C=C\CSCCC1. The van der Waals surface area contributed by atoms with Crippen LogP contribution in [0.2, 0.25) is 0 Å². The van der Waals surface area contributed by atoms with Crippen LogP contribution in [0, 0.1) is 0 Å². The first-order valence-corrected chi connectivity index (χ1v) is 6.24. The third-order valence-corrected chi connectivity index (χ3v) is 3.38. The molecule has 0 aromatic carbocycles. The third kappa shape index (κ3) is 4.19. The molecule has 0 aliphatic carbocycles. The molecule has 2 heteroatoms. The highest BCUT2D eigenvalue weighted by molar-refractivity contribution is 7.99. The molecule has 76 valence electrons. The van der Waals surface area contributed by atoms with Gasteiger partial charge in [0.25, 0.3) is 0 Å². The quantitative estimate of drug-likeness (QED) is 0.552. The average Bonchev–Trinajstić information content (AvgIpc) is 2.14. The first-order valence-electron chi connectivity index (χ1n) is 5.08. The molecule has 1 heterocycles. The second-order valence-corrected chi connectivity index (χ2v) is 5.67. The van der Waals surface area contributed by atoms with Gasteiger partial charge in [0, 0.05) is 17.8 Å². The molecule has 0 amide bonds. The summed E-state index contributed by atoms with van der Waals surface area (Å²) in [6, 6.07) is 0. The van der Waals surface area contributed by atoms with Gasteiger partial charge in [0.1, 0.15) is 0 Å². The molecular weight excluding hydrogens is 178 g/mol. The normalized spacial score (nSPS) is 24.5. The maximum absolute atomic E-state index is 2.55. The molecule has 0 fully saturated rings. The van der Waals surface area contributed by atoms with Crippen molar-refractivity contribution in [3.05, 3.63) is 12.2 Å². The van der Waals surface area contributed by atoms with Crippen LogP contribution >= 0.6 is 11.8 Å². The highest BCUT2D eigenvalue weighted by Gasteiger charge is 2.19. The van der Waals surface area contributed by atoms with Gasteiger partial charge in [0.05, 0.1) is 0 Å². The highest BCUT2D eigenvalue weighted by Crippen LogP contribution is 2.16. The first-order chi connectivity index (χ1) is 6.11. The van der Waals surface area contributed by atoms with E-state index in [4.69, 9.17) is 0 Å². The number of hydrogen-bond donors (Lipinski definition) is 0. The van der Waals surface area contributed by atoms with Gasteiger partial charge in [-0.1, -0.05) is 12.2 Å². The highest BCUT2D eigenvalue weighted by atomic mass is 32.2. The standard InChI is InChI=1S/C11H21NS/c1-11(2,3)12-7-4-5-9-13-10-6-8-12/h4-5H,6-10H2,1-3H3/b5-4-. The van der Waals surface area contributed by atoms with E-state index in [-0.39, 0.29) is 0 Å². The Labute approximate surface area is 86.6 Å². The minimum atomic E-state index is 0.319. The summed E-state index contributed by atoms with van der Waals surface area (Å²) in [4.78, 5) is 2.55. The van der Waals surface area contributed by atoms with E-state index < -0.39 is 0 Å². The molecular formula is C11H21NS. The fourth-order valence-electron chi connectivity index (χ4n) is 1.48. The van der Waals surface area contributed by atoms with Crippen LogP contribution in [0.5, 0.6) is 0 Å². The van der Waals surface area contributed by atoms with Crippen molar-refractivity contribution >= 4 is 11.8 Å². The molecule has 0 saturated heterocycles. The van der Waals surface area contributed by atoms with Crippen LogP contribution in [0.15, 0.2) is 12.2 Å². The Balaban J connectivity index is 2.51. The molecule has 0 aromatic heterocycles. The lowest BCUT2D eigenvalue weighted by Crippen LogP contribution is -2.42. The summed E-state index contributed by atoms with van der Waals surface area (Å²) in [6.45, 7) is 9.24. The molecule has 0 unspecified atom stereocenters. The maximum atomic E-state index is 2.55. The molecule has 0 atom stereocenters. The first kappa shape index (κ1) is 11.1. The van der Waals surface area contributed by atoms with E-state index in [2.05, 4.69) is 37.8 Å². The molecule has 1 nitrogen and oxygen atoms in total. The zero-order valence-corrected chi connectivity index (χ0v) is 9.86. The smallest absolute Gasteiger partial charge is 0.0168 e. The van der Waals surface area contributed by atoms with Crippen molar-refractivity contribution in [3.63, 3.8) is 0 Å². The Kier molecular flexibility index (Phi) is 4.33. The minimum absolute atomic E-state index is 0.319. The van der Waals surface area contributed by atoms with E-state index in [0.717, 1.165) is 6.54 Å². The lowest BCUT2D eigenvalue weighted by atomic mass is 10.1. The van der Waals surface area contributed by atoms with Gasteiger partial charge in [0.15, 0.2) is 0 Å². The lowest BCUT2D eigenvalue weighted by molar-refractivity contribution is 0.155. The largest absolute Gasteiger partial charge is 0.295 e. The maximum Gasteiger partial charge on any atom is 0.0168 e. The zero-order valence-electron chi connectivity index (χ0n) is 9.05. The molecule has 1 rings (SSSR count). The van der Waals surface area contributed by atoms with E-state index >= 15 is 0 Å². The van der Waals surface area contributed by atoms with Crippen LogP contribution < -0.4 is 0 Å². The van der Waals surface area contributed by atoms with Crippen LogP contribution in [0.4, 0.5) is 0 Å². The molecule has 0 saturated carbocycles. The van der Waals surface area contributed by atoms with Crippen LogP contribution in [0.1, 0.15) is 27.2 Å². The van der Waals surface area contributed by atoms with Gasteiger partial charge in [0.2, 0.25) is 0 Å². The molecule has 1 aliphatic heterocycles. The summed E-state index contributed by atoms with van der Waals surface area (Å²) >= 11 is 2.04. The van der Waals surface area contributed by atoms with Crippen LogP contribution in [0.3, 0.4) is 0 Å². The summed E-state index contributed by atoms with van der Waals surface area (Å²) in [5, 5.41) is 0. The van der Waals surface area contributed by atoms with E-state index in [1.165, 1.54) is 24.5 Å². The van der Waals surface area contributed by atoms with E-state index in [0.29, 0.717) is 5.54 Å². The summed E-state index contributed by atoms with van der Waals surface area (Å²) in [5.41, 5.74) is 0.319. The Morgan fingerprint density at radius 3 is 2.69 bits per heavy atom. The van der Waals surface area contributed by atoms with Gasteiger partial charge in [-0.05, 0) is 39.5 Å². The van der Waals surface area contributed by atoms with Gasteiger partial charge in [-0.15, -0.1) is 0 Å². The monoisotopic (exact) mass is 199 g/mol. The number of thioether (sulfide) groups is 1. The Hall–Kier alpha value is 0.0500. The average molecular weight is 199 g/mol. The molecule has 0 spiro atoms. The van der Waals surface area contributed by atoms with Crippen LogP contribution in [-0.4, -0.2) is 35.0 Å². The van der Waals surface area contributed by atoms with Crippen molar-refractivity contribution in [2.45, 2.75) is 32.7 Å². The Morgan fingerprint density at radius 1 is 1.23 bits per heavy atom. The molecule has 0 radical (unpaired) electrons. The summed E-state index contributed by atoms with van der Waals surface area (Å²) < 4.78 is 0. The third-order valence-electron chi connectivity index (χ3n) is 2.37. The van der Waals surface area contributed by atoms with Gasteiger partial charge >= 0.3 is 0 Å². The van der Waals surface area contributed by atoms with Gasteiger partial charge in [-0.25, -0.2) is 0 Å². The fourth-order valence-corrected chi connectivity index (χ4v) is 2.25. The topological polar surface area (TPSA) is 3.24 Å². The van der Waals surface area contributed by atoms with Crippen molar-refractivity contribution in [1.29, 1.82) is 0 Å². The fraction of sp³-hybridized carbons (Fsp3) is 0.818. The van der Waals surface area contributed by atoms with E-state index in [9.17, 15) is 0 Å². The van der Waals surface area contributed by atoms with Gasteiger partial charge < -0.3 is 0 Å². The second kappa shape index (κ2) is 5.06. The molecule has 0 bridgehead atoms. The van der Waals surface area contributed by atoms with Crippen molar-refractivity contribution in [2.24, 2.45) is 0 Å². The molecule has 0 N–H and O–H groups in total. The van der Waals surface area contributed by atoms with E-state index in [1.54, 1.807) is 0 Å². The van der Waals surface area contributed by atoms with Crippen LogP contribution in [0.25, 0.3) is 0 Å². The predicted octanol–water partition coefficient (Wildman–Crippen LogP) is 2.78. The number of nitrogens with zero attached hydrogens (tertiary/aromatic N) is 1. The van der Waals surface area contributed by atoms with E-state index in [1.807, 2.05) is 11.8 Å². The van der Waals surface area contributed by atoms with Crippen molar-refractivity contribution < 1.29 is 0 Å². The van der Waals surface area contributed by atoms with Crippen molar-refractivity contribution in [3.8, 4) is 0 Å². The molecule has 0 aromatic rings. The number of hydrogen-bond acceptors (Lipinski definition) is 2. The second-order valence-electron chi connectivity index (χ2n) is 4.52. The van der Waals surface area contributed by atoms with Crippen LogP contribution in [-0.2, 0) is 0 Å². The predicted molar refractivity (Wildman–Crippen MR) is 62.4 cm³/mol. The van der Waals surface area contributed by atoms with Crippen molar-refractivity contribution in [1.82, 2.24) is 4.90 Å².